The Bertz CT molecular complexity index is 809. The average Bonchev–Trinajstić information content (AvgIpc) is 3.21. The van der Waals surface area contributed by atoms with E-state index in [2.05, 4.69) is 43.3 Å². The molecule has 3 heterocycles. The van der Waals surface area contributed by atoms with E-state index in [1.165, 1.54) is 4.90 Å². The molecule has 3 saturated heterocycles. The number of ether oxygens (including phenoxy) is 1. The Balaban J connectivity index is 2.08. The monoisotopic (exact) mass is 514 g/mol. The van der Waals surface area contributed by atoms with Crippen LogP contribution in [0.4, 0.5) is 0 Å². The number of fused-ring (bicyclic) bond motifs is 1. The van der Waals surface area contributed by atoms with Gasteiger partial charge < -0.3 is 24.7 Å². The van der Waals surface area contributed by atoms with Crippen LogP contribution in [-0.4, -0.2) is 85.6 Å². The largest absolute Gasteiger partial charge is 0.481 e. The summed E-state index contributed by atoms with van der Waals surface area (Å²) in [5.74, 6) is -3.81. The van der Waals surface area contributed by atoms with Crippen LogP contribution in [0.3, 0.4) is 0 Å². The normalized spacial score (nSPS) is 34.0. The number of halogens is 1. The van der Waals surface area contributed by atoms with Gasteiger partial charge in [0.1, 0.15) is 11.6 Å². The van der Waals surface area contributed by atoms with Gasteiger partial charge in [0.25, 0.3) is 0 Å². The first-order chi connectivity index (χ1) is 14.7. The fourth-order valence-corrected chi connectivity index (χ4v) is 7.29. The number of likely N-dealkylation sites (tertiary alicyclic amines) is 1. The zero-order chi connectivity index (χ0) is 24.2. The first-order valence-corrected chi connectivity index (χ1v) is 12.0. The van der Waals surface area contributed by atoms with Gasteiger partial charge in [0.2, 0.25) is 11.8 Å². The topological polar surface area (TPSA) is 107 Å². The lowest BCUT2D eigenvalue weighted by Gasteiger charge is -2.45. The van der Waals surface area contributed by atoms with E-state index in [0.717, 1.165) is 0 Å². The molecule has 2 amide bonds. The summed E-state index contributed by atoms with van der Waals surface area (Å²) in [4.78, 5) is 42.5. The van der Waals surface area contributed by atoms with Crippen LogP contribution in [0.25, 0.3) is 0 Å². The van der Waals surface area contributed by atoms with Gasteiger partial charge >= 0.3 is 5.97 Å². The van der Waals surface area contributed by atoms with Gasteiger partial charge in [-0.1, -0.05) is 42.8 Å². The molecule has 3 aliphatic heterocycles. The summed E-state index contributed by atoms with van der Waals surface area (Å²) in [6, 6.07) is -0.999. The molecule has 2 N–H and O–H groups in total. The third-order valence-corrected chi connectivity index (χ3v) is 7.77. The lowest BCUT2D eigenvalue weighted by molar-refractivity contribution is -0.153. The molecule has 0 saturated carbocycles. The summed E-state index contributed by atoms with van der Waals surface area (Å²) >= 11 is 3.53. The van der Waals surface area contributed by atoms with Gasteiger partial charge in [-0.05, 0) is 32.1 Å². The number of rotatable bonds is 8. The molecule has 9 heteroatoms. The minimum Gasteiger partial charge on any atom is -0.481 e. The number of carbonyl (C=O) groups excluding carboxylic acids is 2. The third kappa shape index (κ3) is 3.90. The van der Waals surface area contributed by atoms with Gasteiger partial charge in [0.15, 0.2) is 0 Å². The molecular formula is C23H35BrN2O6. The minimum absolute atomic E-state index is 0.0531. The number of aliphatic hydroxyl groups excluding tert-OH is 1. The Morgan fingerprint density at radius 2 is 1.97 bits per heavy atom. The predicted molar refractivity (Wildman–Crippen MR) is 122 cm³/mol. The number of carbonyl (C=O) groups is 3. The average molecular weight is 515 g/mol. The smallest absolute Gasteiger partial charge is 0.310 e. The van der Waals surface area contributed by atoms with Crippen LogP contribution in [0.1, 0.15) is 47.5 Å². The quantitative estimate of drug-likeness (QED) is 0.379. The van der Waals surface area contributed by atoms with Gasteiger partial charge in [-0.15, -0.1) is 6.58 Å². The molecule has 3 rings (SSSR count). The molecule has 0 aromatic heterocycles. The Morgan fingerprint density at radius 3 is 2.47 bits per heavy atom. The second-order valence-corrected chi connectivity index (χ2v) is 12.2. The highest BCUT2D eigenvalue weighted by molar-refractivity contribution is 9.09. The number of alkyl halides is 1. The first-order valence-electron chi connectivity index (χ1n) is 11.1. The predicted octanol–water partition coefficient (Wildman–Crippen LogP) is 2.04. The van der Waals surface area contributed by atoms with E-state index in [0.29, 0.717) is 12.8 Å². The van der Waals surface area contributed by atoms with E-state index in [9.17, 15) is 24.6 Å². The molecule has 0 aromatic carbocycles. The fourth-order valence-electron chi connectivity index (χ4n) is 6.34. The third-order valence-electron chi connectivity index (χ3n) is 6.92. The summed E-state index contributed by atoms with van der Waals surface area (Å²) in [6.45, 7) is 14.0. The maximum Gasteiger partial charge on any atom is 0.310 e. The van der Waals surface area contributed by atoms with Crippen LogP contribution < -0.4 is 0 Å². The van der Waals surface area contributed by atoms with Gasteiger partial charge in [0.05, 0.1) is 24.5 Å². The fraction of sp³-hybridized carbons (Fsp3) is 0.783. The van der Waals surface area contributed by atoms with Crippen molar-refractivity contribution in [1.29, 1.82) is 0 Å². The maximum atomic E-state index is 14.2. The molecule has 0 radical (unpaired) electrons. The molecule has 3 aliphatic rings. The highest BCUT2D eigenvalue weighted by Gasteiger charge is 2.77. The van der Waals surface area contributed by atoms with Crippen molar-refractivity contribution < 1.29 is 29.3 Å². The molecule has 2 bridgehead atoms. The van der Waals surface area contributed by atoms with Crippen molar-refractivity contribution in [3.63, 3.8) is 0 Å². The summed E-state index contributed by atoms with van der Waals surface area (Å²) in [7, 11) is 0. The van der Waals surface area contributed by atoms with Crippen molar-refractivity contribution in [1.82, 2.24) is 9.80 Å². The van der Waals surface area contributed by atoms with Crippen molar-refractivity contribution in [3.05, 3.63) is 12.7 Å². The van der Waals surface area contributed by atoms with E-state index in [1.807, 2.05) is 13.8 Å². The lowest BCUT2D eigenvalue weighted by atomic mass is 9.70. The van der Waals surface area contributed by atoms with E-state index < -0.39 is 47.0 Å². The Kier molecular flexibility index (Phi) is 6.61. The van der Waals surface area contributed by atoms with Gasteiger partial charge in [-0.25, -0.2) is 0 Å². The number of aliphatic carboxylic acids is 1. The van der Waals surface area contributed by atoms with E-state index in [-0.39, 0.29) is 35.8 Å². The highest BCUT2D eigenvalue weighted by atomic mass is 79.9. The number of hydrogen-bond donors (Lipinski definition) is 2. The Labute approximate surface area is 198 Å². The second-order valence-electron chi connectivity index (χ2n) is 11.0. The van der Waals surface area contributed by atoms with Crippen LogP contribution in [0.5, 0.6) is 0 Å². The van der Waals surface area contributed by atoms with Crippen molar-refractivity contribution >= 4 is 33.7 Å². The number of β-amino-alcohol motifs (C(OH)–C–C–N with tert-alkyl or cyclic N) is 1. The summed E-state index contributed by atoms with van der Waals surface area (Å²) < 4.78 is 6.25. The molecule has 1 spiro atoms. The van der Waals surface area contributed by atoms with Crippen LogP contribution in [0.15, 0.2) is 12.7 Å². The zero-order valence-corrected chi connectivity index (χ0v) is 21.1. The van der Waals surface area contributed by atoms with Crippen LogP contribution in [0, 0.1) is 17.3 Å². The molecule has 0 aromatic rings. The second kappa shape index (κ2) is 8.40. The van der Waals surface area contributed by atoms with Crippen LogP contribution >= 0.6 is 15.9 Å². The van der Waals surface area contributed by atoms with Crippen molar-refractivity contribution in [2.24, 2.45) is 17.3 Å². The van der Waals surface area contributed by atoms with E-state index in [4.69, 9.17) is 4.74 Å². The molecule has 32 heavy (non-hydrogen) atoms. The molecule has 3 unspecified atom stereocenters. The first kappa shape index (κ1) is 25.2. The van der Waals surface area contributed by atoms with Crippen LogP contribution in [0.2, 0.25) is 0 Å². The lowest BCUT2D eigenvalue weighted by Crippen LogP contribution is -2.61. The molecule has 8 nitrogen and oxygen atoms in total. The number of aliphatic hydroxyl groups is 1. The van der Waals surface area contributed by atoms with Crippen molar-refractivity contribution in [2.45, 2.75) is 75.6 Å². The van der Waals surface area contributed by atoms with Crippen molar-refractivity contribution in [2.75, 3.05) is 19.7 Å². The van der Waals surface area contributed by atoms with Crippen molar-refractivity contribution in [3.8, 4) is 0 Å². The highest BCUT2D eigenvalue weighted by Crippen LogP contribution is 2.60. The van der Waals surface area contributed by atoms with Gasteiger partial charge in [-0.3, -0.25) is 14.4 Å². The molecule has 0 aliphatic carbocycles. The summed E-state index contributed by atoms with van der Waals surface area (Å²) in [5.41, 5.74) is -1.84. The van der Waals surface area contributed by atoms with E-state index >= 15 is 0 Å². The molecule has 3 fully saturated rings. The zero-order valence-electron chi connectivity index (χ0n) is 19.5. The summed E-state index contributed by atoms with van der Waals surface area (Å²) in [5, 5.41) is 19.5. The number of nitrogens with zero attached hydrogens (tertiary/aromatic N) is 2. The van der Waals surface area contributed by atoms with Gasteiger partial charge in [0, 0.05) is 23.5 Å². The maximum absolute atomic E-state index is 14.2. The Hall–Kier alpha value is -1.45. The molecule has 180 valence electrons. The summed E-state index contributed by atoms with van der Waals surface area (Å²) in [6.07, 6.45) is 2.05. The van der Waals surface area contributed by atoms with E-state index in [1.54, 1.807) is 11.0 Å². The molecule has 6 atom stereocenters. The number of carboxylic acid groups (broad SMARTS) is 1. The number of carboxylic acids is 1. The SMILES string of the molecule is C=CCN(C(=O)C1N(CCO)C(=O)[C@@H]2[C@H](C(=O)O)[C@H]3OC12CC3Br)C(C)(C)CC(C)(C)C. The minimum atomic E-state index is -1.23. The molecular weight excluding hydrogens is 480 g/mol. The standard InChI is InChI=1S/C23H35BrN2O6/c1-7-8-26(22(5,6)12-21(2,3)4)19(29)17-23-11-13(24)16(32-23)14(20(30)31)15(23)18(28)25(17)9-10-27/h7,13-17,27H,1,8-12H2,2-6H3,(H,30,31)/t13?,14-,15-,16-,17?,23?/m0/s1. The number of hydrogen-bond acceptors (Lipinski definition) is 5. The van der Waals surface area contributed by atoms with Crippen LogP contribution in [-0.2, 0) is 19.1 Å². The Morgan fingerprint density at radius 1 is 1.34 bits per heavy atom. The number of amides is 2. The van der Waals surface area contributed by atoms with Gasteiger partial charge in [-0.2, -0.15) is 0 Å².